The monoisotopic (exact) mass is 319 g/mol. The molecule has 21 heavy (non-hydrogen) atoms. The van der Waals surface area contributed by atoms with Gasteiger partial charge in [0.25, 0.3) is 0 Å². The van der Waals surface area contributed by atoms with Crippen LogP contribution < -0.4 is 11.1 Å². The molecule has 0 saturated heterocycles. The van der Waals surface area contributed by atoms with Gasteiger partial charge < -0.3 is 11.1 Å². The zero-order chi connectivity index (χ0) is 15.0. The van der Waals surface area contributed by atoms with E-state index in [1.54, 1.807) is 6.07 Å². The molecule has 1 aliphatic heterocycles. The second-order valence-electron chi connectivity index (χ2n) is 5.14. The van der Waals surface area contributed by atoms with Crippen LogP contribution in [0.2, 0.25) is 10.0 Å². The van der Waals surface area contributed by atoms with Gasteiger partial charge in [-0.25, -0.2) is 0 Å². The lowest BCUT2D eigenvalue weighted by atomic mass is 10.1. The third-order valence-electron chi connectivity index (χ3n) is 3.53. The topological polar surface area (TPSA) is 50.4 Å². The molecule has 0 bridgehead atoms. The molecule has 108 valence electrons. The highest BCUT2D eigenvalue weighted by molar-refractivity contribution is 6.35. The maximum atomic E-state index is 6.23. The quantitative estimate of drug-likeness (QED) is 0.788. The summed E-state index contributed by atoms with van der Waals surface area (Å²) in [5, 5.41) is 4.58. The van der Waals surface area contributed by atoms with E-state index in [4.69, 9.17) is 33.9 Å². The maximum Gasteiger partial charge on any atom is 0.106 e. The van der Waals surface area contributed by atoms with Crippen LogP contribution in [0.1, 0.15) is 24.1 Å². The van der Waals surface area contributed by atoms with Gasteiger partial charge in [0.15, 0.2) is 0 Å². The Morgan fingerprint density at radius 2 is 2.00 bits per heavy atom. The first-order chi connectivity index (χ1) is 10.0. The van der Waals surface area contributed by atoms with Crippen LogP contribution in [0, 0.1) is 0 Å². The summed E-state index contributed by atoms with van der Waals surface area (Å²) in [7, 11) is 0. The SMILES string of the molecule is CC(N=C1Cc2ccc(N)cc2N1)c1ccc(Cl)cc1Cl. The molecule has 1 atom stereocenters. The molecule has 0 fully saturated rings. The number of nitrogens with one attached hydrogen (secondary N) is 1. The average molecular weight is 320 g/mol. The standard InChI is InChI=1S/C16H15Cl2N3/c1-9(13-5-3-11(17)7-14(13)18)20-16-6-10-2-4-12(19)8-15(10)21-16/h2-5,7-9H,6,19H2,1H3,(H,20,21). The van der Waals surface area contributed by atoms with Crippen molar-refractivity contribution in [2.24, 2.45) is 4.99 Å². The van der Waals surface area contributed by atoms with Crippen molar-refractivity contribution in [2.45, 2.75) is 19.4 Å². The molecule has 0 amide bonds. The van der Waals surface area contributed by atoms with Gasteiger partial charge in [-0.05, 0) is 42.3 Å². The van der Waals surface area contributed by atoms with E-state index in [-0.39, 0.29) is 6.04 Å². The molecule has 0 spiro atoms. The summed E-state index contributed by atoms with van der Waals surface area (Å²) < 4.78 is 0. The first-order valence-electron chi connectivity index (χ1n) is 6.70. The van der Waals surface area contributed by atoms with Gasteiger partial charge in [0.1, 0.15) is 5.84 Å². The largest absolute Gasteiger partial charge is 0.399 e. The van der Waals surface area contributed by atoms with Crippen molar-refractivity contribution in [3.8, 4) is 0 Å². The van der Waals surface area contributed by atoms with E-state index in [1.165, 1.54) is 5.56 Å². The molecule has 1 unspecified atom stereocenters. The minimum absolute atomic E-state index is 0.0380. The fraction of sp³-hybridized carbons (Fsp3) is 0.188. The summed E-state index contributed by atoms with van der Waals surface area (Å²) in [4.78, 5) is 4.72. The molecule has 0 radical (unpaired) electrons. The molecule has 2 aromatic carbocycles. The maximum absolute atomic E-state index is 6.23. The zero-order valence-electron chi connectivity index (χ0n) is 11.5. The molecule has 1 aliphatic rings. The first kappa shape index (κ1) is 14.2. The molecule has 0 saturated carbocycles. The van der Waals surface area contributed by atoms with E-state index in [0.29, 0.717) is 10.0 Å². The molecule has 0 aliphatic carbocycles. The number of nitrogen functional groups attached to an aromatic ring is 1. The summed E-state index contributed by atoms with van der Waals surface area (Å²) in [6.45, 7) is 2.02. The van der Waals surface area contributed by atoms with E-state index in [1.807, 2.05) is 37.3 Å². The number of aliphatic imine (C=N–C) groups is 1. The van der Waals surface area contributed by atoms with Crippen LogP contribution in [0.3, 0.4) is 0 Å². The Hall–Kier alpha value is -1.71. The molecular weight excluding hydrogens is 305 g/mol. The molecule has 0 aromatic heterocycles. The van der Waals surface area contributed by atoms with E-state index < -0.39 is 0 Å². The van der Waals surface area contributed by atoms with E-state index in [2.05, 4.69) is 5.32 Å². The number of rotatable bonds is 2. The number of hydrogen-bond donors (Lipinski definition) is 2. The Bertz CT molecular complexity index is 725. The van der Waals surface area contributed by atoms with Crippen molar-refractivity contribution >= 4 is 40.4 Å². The number of amidine groups is 1. The summed E-state index contributed by atoms with van der Waals surface area (Å²) in [6.07, 6.45) is 0.783. The number of halogens is 2. The van der Waals surface area contributed by atoms with Crippen LogP contribution in [-0.4, -0.2) is 5.84 Å². The normalized spacial score (nSPS) is 16.6. The number of hydrogen-bond acceptors (Lipinski definition) is 2. The van der Waals surface area contributed by atoms with Crippen LogP contribution in [-0.2, 0) is 6.42 Å². The van der Waals surface area contributed by atoms with E-state index in [0.717, 1.165) is 29.2 Å². The van der Waals surface area contributed by atoms with Crippen molar-refractivity contribution in [2.75, 3.05) is 11.1 Å². The molecule has 1 heterocycles. The zero-order valence-corrected chi connectivity index (χ0v) is 13.0. The van der Waals surface area contributed by atoms with Gasteiger partial charge in [0.05, 0.1) is 6.04 Å². The van der Waals surface area contributed by atoms with Gasteiger partial charge in [-0.2, -0.15) is 0 Å². The fourth-order valence-corrected chi connectivity index (χ4v) is 3.03. The predicted octanol–water partition coefficient (Wildman–Crippen LogP) is 4.70. The highest BCUT2D eigenvalue weighted by Crippen LogP contribution is 2.30. The van der Waals surface area contributed by atoms with Crippen LogP contribution in [0.5, 0.6) is 0 Å². The molecule has 3 N–H and O–H groups in total. The minimum Gasteiger partial charge on any atom is -0.399 e. The lowest BCUT2D eigenvalue weighted by Crippen LogP contribution is -2.08. The van der Waals surface area contributed by atoms with Crippen molar-refractivity contribution in [1.82, 2.24) is 0 Å². The van der Waals surface area contributed by atoms with Gasteiger partial charge in [0.2, 0.25) is 0 Å². The Balaban J connectivity index is 1.83. The van der Waals surface area contributed by atoms with Crippen molar-refractivity contribution in [3.63, 3.8) is 0 Å². The smallest absolute Gasteiger partial charge is 0.106 e. The molecule has 2 aromatic rings. The molecular formula is C16H15Cl2N3. The summed E-state index contributed by atoms with van der Waals surface area (Å²) in [5.74, 6) is 0.925. The van der Waals surface area contributed by atoms with Gasteiger partial charge in [-0.15, -0.1) is 0 Å². The minimum atomic E-state index is -0.0380. The Morgan fingerprint density at radius 3 is 2.76 bits per heavy atom. The van der Waals surface area contributed by atoms with Crippen molar-refractivity contribution < 1.29 is 0 Å². The van der Waals surface area contributed by atoms with E-state index >= 15 is 0 Å². The third-order valence-corrected chi connectivity index (χ3v) is 4.10. The number of benzene rings is 2. The third kappa shape index (κ3) is 2.99. The summed E-state index contributed by atoms with van der Waals surface area (Å²) in [5.41, 5.74) is 9.74. The van der Waals surface area contributed by atoms with E-state index in [9.17, 15) is 0 Å². The lowest BCUT2D eigenvalue weighted by Gasteiger charge is -2.11. The number of fused-ring (bicyclic) bond motifs is 1. The average Bonchev–Trinajstić information content (AvgIpc) is 2.79. The highest BCUT2D eigenvalue weighted by atomic mass is 35.5. The molecule has 3 nitrogen and oxygen atoms in total. The predicted molar refractivity (Wildman–Crippen MR) is 90.5 cm³/mol. The number of anilines is 2. The first-order valence-corrected chi connectivity index (χ1v) is 7.45. The number of nitrogens with zero attached hydrogens (tertiary/aromatic N) is 1. The Morgan fingerprint density at radius 1 is 1.19 bits per heavy atom. The number of nitrogens with two attached hydrogens (primary N) is 1. The van der Waals surface area contributed by atoms with Gasteiger partial charge in [-0.1, -0.05) is 35.3 Å². The van der Waals surface area contributed by atoms with Crippen LogP contribution in [0.25, 0.3) is 0 Å². The van der Waals surface area contributed by atoms with Crippen molar-refractivity contribution in [1.29, 1.82) is 0 Å². The van der Waals surface area contributed by atoms with Crippen molar-refractivity contribution in [3.05, 3.63) is 57.6 Å². The van der Waals surface area contributed by atoms with Crippen LogP contribution in [0.4, 0.5) is 11.4 Å². The summed E-state index contributed by atoms with van der Waals surface area (Å²) in [6, 6.07) is 11.3. The highest BCUT2D eigenvalue weighted by Gasteiger charge is 2.18. The lowest BCUT2D eigenvalue weighted by molar-refractivity contribution is 0.817. The molecule has 3 rings (SSSR count). The Labute approximate surface area is 133 Å². The van der Waals surface area contributed by atoms with Gasteiger partial charge in [-0.3, -0.25) is 4.99 Å². The Kier molecular flexibility index (Phi) is 3.79. The molecule has 5 heteroatoms. The van der Waals surface area contributed by atoms with Crippen LogP contribution in [0.15, 0.2) is 41.4 Å². The fourth-order valence-electron chi connectivity index (χ4n) is 2.47. The second-order valence-corrected chi connectivity index (χ2v) is 5.98. The van der Waals surface area contributed by atoms with Gasteiger partial charge in [0, 0.05) is 27.8 Å². The van der Waals surface area contributed by atoms with Gasteiger partial charge >= 0.3 is 0 Å². The second kappa shape index (κ2) is 5.58. The van der Waals surface area contributed by atoms with Crippen LogP contribution >= 0.6 is 23.2 Å². The summed E-state index contributed by atoms with van der Waals surface area (Å²) >= 11 is 12.2.